The Morgan fingerprint density at radius 1 is 0.374 bits per heavy atom. The van der Waals surface area contributed by atoms with Gasteiger partial charge in [-0.05, 0) is 103 Å². The average Bonchev–Trinajstić information content (AvgIpc) is 0.826. The van der Waals surface area contributed by atoms with Crippen LogP contribution >= 0.6 is 0 Å². The third-order valence-electron chi connectivity index (χ3n) is 20.3. The molecule has 1 aliphatic rings. The quantitative estimate of drug-likeness (QED) is 0.0195. The summed E-state index contributed by atoms with van der Waals surface area (Å²) in [7, 11) is 0. The highest BCUT2D eigenvalue weighted by Crippen LogP contribution is 2.24. The van der Waals surface area contributed by atoms with Crippen molar-refractivity contribution in [2.75, 3.05) is 19.8 Å². The van der Waals surface area contributed by atoms with Crippen LogP contribution in [0.3, 0.4) is 0 Å². The smallest absolute Gasteiger partial charge is 0.305 e. The maximum Gasteiger partial charge on any atom is 0.305 e. The number of amides is 1. The lowest BCUT2D eigenvalue weighted by molar-refractivity contribution is -0.302. The third-order valence-corrected chi connectivity index (χ3v) is 20.3. The van der Waals surface area contributed by atoms with Crippen LogP contribution in [0, 0.1) is 0 Å². The number of nitrogens with one attached hydrogen (secondary N) is 1. The van der Waals surface area contributed by atoms with Gasteiger partial charge in [0.2, 0.25) is 5.91 Å². The molecule has 7 atom stereocenters. The number of hydrogen-bond acceptors (Lipinski definition) is 10. The first-order chi connectivity index (χ1) is 48.7. The van der Waals surface area contributed by atoms with Gasteiger partial charge in [0.05, 0.1) is 32.0 Å². The molecule has 0 bridgehead atoms. The highest BCUT2D eigenvalue weighted by molar-refractivity contribution is 5.76. The van der Waals surface area contributed by atoms with Crippen molar-refractivity contribution in [3.63, 3.8) is 0 Å². The molecule has 1 rings (SSSR count). The summed E-state index contributed by atoms with van der Waals surface area (Å²) in [6, 6.07) is -0.827. The molecule has 1 aliphatic heterocycles. The van der Waals surface area contributed by atoms with E-state index in [9.17, 15) is 35.1 Å². The summed E-state index contributed by atoms with van der Waals surface area (Å²) in [5.74, 6) is -0.175. The zero-order chi connectivity index (χ0) is 71.5. The van der Waals surface area contributed by atoms with Crippen LogP contribution in [0.4, 0.5) is 0 Å². The number of aliphatic hydroxyl groups excluding tert-OH is 5. The van der Waals surface area contributed by atoms with Crippen molar-refractivity contribution in [2.24, 2.45) is 0 Å². The van der Waals surface area contributed by atoms with Crippen molar-refractivity contribution in [3.8, 4) is 0 Å². The van der Waals surface area contributed by atoms with Crippen LogP contribution < -0.4 is 5.32 Å². The van der Waals surface area contributed by atoms with E-state index in [1.54, 1.807) is 6.08 Å². The zero-order valence-corrected chi connectivity index (χ0v) is 65.0. The molecule has 0 aromatic heterocycles. The Bertz CT molecular complexity index is 1830. The molecule has 0 spiro atoms. The van der Waals surface area contributed by atoms with Gasteiger partial charge in [-0.1, -0.05) is 370 Å². The summed E-state index contributed by atoms with van der Waals surface area (Å²) >= 11 is 0. The standard InChI is InChI=1S/C88H163NO10/c1-3-5-7-9-11-13-15-17-19-20-45-48-52-56-60-64-68-72-76-84(93)97-77-73-69-65-61-57-53-49-46-43-41-39-37-35-33-31-29-27-25-23-21-22-24-26-28-30-32-34-36-38-40-42-44-47-51-55-59-63-67-71-75-83(92)89-80(79-98-88-87(96)86(95)85(94)82(78-90)99-88)81(91)74-70-66-62-58-54-50-18-16-14-12-10-8-6-4-2/h19-22,25,27,54,58,70,74,80-82,85-88,90-91,94-96H,3-18,23-24,26,28-53,55-57,59-69,71-73,75-79H2,1-2H3,(H,89,92)/b20-19-,22-21-,27-25-,58-54+,74-70+. The van der Waals surface area contributed by atoms with Crippen LogP contribution in [0.5, 0.6) is 0 Å². The lowest BCUT2D eigenvalue weighted by Gasteiger charge is -2.40. The lowest BCUT2D eigenvalue weighted by atomic mass is 9.99. The van der Waals surface area contributed by atoms with Gasteiger partial charge < -0.3 is 45.1 Å². The second-order valence-corrected chi connectivity index (χ2v) is 29.9. The largest absolute Gasteiger partial charge is 0.466 e. The molecule has 1 saturated heterocycles. The summed E-state index contributed by atoms with van der Waals surface area (Å²) in [6.45, 7) is 4.37. The van der Waals surface area contributed by atoms with Gasteiger partial charge in [-0.3, -0.25) is 9.59 Å². The van der Waals surface area contributed by atoms with E-state index in [4.69, 9.17) is 14.2 Å². The minimum absolute atomic E-state index is 0.0121. The number of rotatable bonds is 77. The van der Waals surface area contributed by atoms with E-state index in [-0.39, 0.29) is 18.5 Å². The van der Waals surface area contributed by atoms with Crippen LogP contribution in [0.2, 0.25) is 0 Å². The number of unbranched alkanes of at least 4 members (excludes halogenated alkanes) is 55. The van der Waals surface area contributed by atoms with Gasteiger partial charge >= 0.3 is 5.97 Å². The molecule has 6 N–H and O–H groups in total. The molecule has 99 heavy (non-hydrogen) atoms. The van der Waals surface area contributed by atoms with Gasteiger partial charge in [0.1, 0.15) is 24.4 Å². The van der Waals surface area contributed by atoms with Crippen molar-refractivity contribution >= 4 is 11.9 Å². The summed E-state index contributed by atoms with van der Waals surface area (Å²) in [5, 5.41) is 54.6. The monoisotopic (exact) mass is 1390 g/mol. The predicted molar refractivity (Wildman–Crippen MR) is 421 cm³/mol. The van der Waals surface area contributed by atoms with E-state index in [2.05, 4.69) is 67.8 Å². The first-order valence-corrected chi connectivity index (χ1v) is 43.1. The van der Waals surface area contributed by atoms with E-state index in [0.29, 0.717) is 19.4 Å². The fourth-order valence-corrected chi connectivity index (χ4v) is 13.6. The summed E-state index contributed by atoms with van der Waals surface area (Å²) in [6.07, 6.45) is 94.2. The van der Waals surface area contributed by atoms with Crippen LogP contribution in [-0.4, -0.2) is 100 Å². The Labute approximate surface area is 611 Å². The number of hydrogen-bond donors (Lipinski definition) is 6. The zero-order valence-electron chi connectivity index (χ0n) is 65.0. The second-order valence-electron chi connectivity index (χ2n) is 29.9. The third kappa shape index (κ3) is 64.7. The molecule has 11 nitrogen and oxygen atoms in total. The molecule has 1 amide bonds. The van der Waals surface area contributed by atoms with Crippen molar-refractivity contribution in [2.45, 2.75) is 468 Å². The van der Waals surface area contributed by atoms with Gasteiger partial charge in [-0.25, -0.2) is 0 Å². The Balaban J connectivity index is 1.89. The van der Waals surface area contributed by atoms with Crippen molar-refractivity contribution in [3.05, 3.63) is 60.8 Å². The Morgan fingerprint density at radius 3 is 1.06 bits per heavy atom. The Kier molecular flexibility index (Phi) is 72.9. The molecule has 7 unspecified atom stereocenters. The first-order valence-electron chi connectivity index (χ1n) is 43.1. The SMILES string of the molecule is CCCCCCCCC/C=C\CCCCCCCCCC(=O)OCCCCCCCCCCCCCCCCC/C=C\C/C=C\CCCCCCCCCCCCCCCCCCCC(=O)NC(COC1OC(CO)C(O)C(O)C1O)C(O)/C=C/CC/C=C/CCCCCCCCCC. The number of carbonyl (C=O) groups excluding carboxylic acids is 2. The van der Waals surface area contributed by atoms with Crippen molar-refractivity contribution in [1.82, 2.24) is 5.32 Å². The van der Waals surface area contributed by atoms with Crippen LogP contribution in [-0.2, 0) is 23.8 Å². The molecule has 1 heterocycles. The van der Waals surface area contributed by atoms with E-state index < -0.39 is 49.5 Å². The minimum atomic E-state index is -1.58. The fraction of sp³-hybridized carbons (Fsp3) is 0.864. The van der Waals surface area contributed by atoms with Crippen molar-refractivity contribution < 1.29 is 49.3 Å². The van der Waals surface area contributed by atoms with E-state index >= 15 is 0 Å². The predicted octanol–water partition coefficient (Wildman–Crippen LogP) is 24.0. The highest BCUT2D eigenvalue weighted by Gasteiger charge is 2.44. The average molecular weight is 1400 g/mol. The molecule has 0 aromatic carbocycles. The van der Waals surface area contributed by atoms with Gasteiger partial charge in [0.25, 0.3) is 0 Å². The van der Waals surface area contributed by atoms with E-state index in [0.717, 1.165) is 64.2 Å². The highest BCUT2D eigenvalue weighted by atomic mass is 16.7. The number of ether oxygens (including phenoxy) is 3. The van der Waals surface area contributed by atoms with Gasteiger partial charge in [0, 0.05) is 12.8 Å². The summed E-state index contributed by atoms with van der Waals surface area (Å²) in [4.78, 5) is 25.2. The normalized spacial score (nSPS) is 17.4. The van der Waals surface area contributed by atoms with Crippen LogP contribution in [0.15, 0.2) is 60.8 Å². The fourth-order valence-electron chi connectivity index (χ4n) is 13.6. The Morgan fingerprint density at radius 2 is 0.687 bits per heavy atom. The van der Waals surface area contributed by atoms with Gasteiger partial charge in [-0.2, -0.15) is 0 Å². The molecular formula is C88H163NO10. The van der Waals surface area contributed by atoms with E-state index in [1.165, 1.54) is 334 Å². The molecule has 0 radical (unpaired) electrons. The maximum absolute atomic E-state index is 13.1. The van der Waals surface area contributed by atoms with Gasteiger partial charge in [0.15, 0.2) is 6.29 Å². The summed E-state index contributed by atoms with van der Waals surface area (Å²) < 4.78 is 16.8. The molecule has 11 heteroatoms. The minimum Gasteiger partial charge on any atom is -0.466 e. The molecule has 0 aromatic rings. The Hall–Kier alpha value is -2.64. The van der Waals surface area contributed by atoms with Crippen LogP contribution in [0.1, 0.15) is 425 Å². The van der Waals surface area contributed by atoms with Crippen LogP contribution in [0.25, 0.3) is 0 Å². The molecule has 0 saturated carbocycles. The number of carbonyl (C=O) groups is 2. The van der Waals surface area contributed by atoms with E-state index in [1.807, 2.05) is 6.08 Å². The molecule has 0 aliphatic carbocycles. The molecular weight excluding hydrogens is 1230 g/mol. The molecule has 580 valence electrons. The number of allylic oxidation sites excluding steroid dienone is 9. The van der Waals surface area contributed by atoms with Crippen molar-refractivity contribution in [1.29, 1.82) is 0 Å². The summed E-state index contributed by atoms with van der Waals surface area (Å²) in [5.41, 5.74) is 0. The molecule has 1 fully saturated rings. The lowest BCUT2D eigenvalue weighted by Crippen LogP contribution is -2.60. The first kappa shape index (κ1) is 94.4. The number of aliphatic hydroxyl groups is 5. The van der Waals surface area contributed by atoms with Gasteiger partial charge in [-0.15, -0.1) is 0 Å². The second kappa shape index (κ2) is 76.5. The topological polar surface area (TPSA) is 175 Å². The maximum atomic E-state index is 13.1. The number of esters is 1.